The summed E-state index contributed by atoms with van der Waals surface area (Å²) in [6.45, 7) is 0. The second kappa shape index (κ2) is 7.04. The zero-order valence-corrected chi connectivity index (χ0v) is 16.0. The molecule has 0 radical (unpaired) electrons. The van der Waals surface area contributed by atoms with Gasteiger partial charge in [-0.15, -0.1) is 5.10 Å². The van der Waals surface area contributed by atoms with Crippen molar-refractivity contribution in [2.24, 2.45) is 0 Å². The first kappa shape index (κ1) is 17.4. The molecule has 0 spiro atoms. The minimum Gasteiger partial charge on any atom is -0.321 e. The second-order valence-electron chi connectivity index (χ2n) is 6.71. The molecule has 1 aliphatic rings. The fourth-order valence-electron chi connectivity index (χ4n) is 3.34. The number of nitrogens with zero attached hydrogens (tertiary/aromatic N) is 3. The summed E-state index contributed by atoms with van der Waals surface area (Å²) in [5.41, 5.74) is 5.93. The number of rotatable bonds is 3. The number of carbonyl (C=O) groups excluding carboxylic acids is 1. The first-order valence-electron chi connectivity index (χ1n) is 9.08. The van der Waals surface area contributed by atoms with E-state index in [-0.39, 0.29) is 5.91 Å². The fraction of sp³-hybridized carbons (Fsp3) is 0. The number of para-hydroxylation sites is 1. The van der Waals surface area contributed by atoms with E-state index >= 15 is 0 Å². The van der Waals surface area contributed by atoms with Crippen molar-refractivity contribution in [3.8, 4) is 16.9 Å². The Labute approximate surface area is 172 Å². The highest BCUT2D eigenvalue weighted by molar-refractivity contribution is 6.34. The molecule has 0 atom stereocenters. The molecule has 0 saturated carbocycles. The minimum atomic E-state index is -0.0836. The van der Waals surface area contributed by atoms with E-state index in [0.717, 1.165) is 33.8 Å². The quantitative estimate of drug-likeness (QED) is 0.489. The summed E-state index contributed by atoms with van der Waals surface area (Å²) in [6.07, 6.45) is 3.76. The zero-order chi connectivity index (χ0) is 19.8. The molecule has 29 heavy (non-hydrogen) atoms. The van der Waals surface area contributed by atoms with Crippen LogP contribution in [0.3, 0.4) is 0 Å². The summed E-state index contributed by atoms with van der Waals surface area (Å²) < 4.78 is 1.69. The van der Waals surface area contributed by atoms with Gasteiger partial charge in [0.15, 0.2) is 0 Å². The van der Waals surface area contributed by atoms with E-state index in [1.54, 1.807) is 4.68 Å². The van der Waals surface area contributed by atoms with E-state index in [1.807, 2.05) is 85.1 Å². The molecule has 4 aromatic rings. The molecule has 3 aromatic carbocycles. The third-order valence-corrected chi connectivity index (χ3v) is 5.03. The summed E-state index contributed by atoms with van der Waals surface area (Å²) in [5.74, 6) is -0.0836. The average Bonchev–Trinajstić information content (AvgIpc) is 3.34. The topological polar surface area (TPSA) is 59.8 Å². The van der Waals surface area contributed by atoms with Crippen LogP contribution in [0.4, 0.5) is 5.69 Å². The van der Waals surface area contributed by atoms with Crippen LogP contribution in [0, 0.1) is 0 Å². The number of anilines is 1. The van der Waals surface area contributed by atoms with Gasteiger partial charge in [0.25, 0.3) is 5.91 Å². The van der Waals surface area contributed by atoms with Gasteiger partial charge in [-0.2, -0.15) is 0 Å². The number of nitrogens with one attached hydrogen (secondary N) is 1. The highest BCUT2D eigenvalue weighted by Crippen LogP contribution is 2.32. The van der Waals surface area contributed by atoms with Gasteiger partial charge in [0, 0.05) is 27.4 Å². The number of carbonyl (C=O) groups is 1. The summed E-state index contributed by atoms with van der Waals surface area (Å²) in [4.78, 5) is 12.3. The molecule has 6 heteroatoms. The Morgan fingerprint density at radius 2 is 1.79 bits per heavy atom. The molecule has 1 N–H and O–H groups in total. The molecule has 5 rings (SSSR count). The van der Waals surface area contributed by atoms with E-state index in [1.165, 1.54) is 0 Å². The van der Waals surface area contributed by atoms with Gasteiger partial charge in [-0.05, 0) is 35.9 Å². The molecule has 0 fully saturated rings. The molecule has 1 amide bonds. The summed E-state index contributed by atoms with van der Waals surface area (Å²) in [5, 5.41) is 12.0. The largest absolute Gasteiger partial charge is 0.321 e. The molecule has 140 valence electrons. The number of halogens is 1. The number of aromatic nitrogens is 3. The van der Waals surface area contributed by atoms with Crippen LogP contribution in [0.25, 0.3) is 28.6 Å². The summed E-state index contributed by atoms with van der Waals surface area (Å²) >= 11 is 6.05. The van der Waals surface area contributed by atoms with Crippen molar-refractivity contribution in [1.82, 2.24) is 15.0 Å². The van der Waals surface area contributed by atoms with Gasteiger partial charge in [-0.1, -0.05) is 65.3 Å². The zero-order valence-electron chi connectivity index (χ0n) is 15.2. The minimum absolute atomic E-state index is 0.0836. The van der Waals surface area contributed by atoms with Crippen LogP contribution in [0.5, 0.6) is 0 Å². The van der Waals surface area contributed by atoms with E-state index in [0.29, 0.717) is 10.6 Å². The maximum absolute atomic E-state index is 12.3. The van der Waals surface area contributed by atoms with Gasteiger partial charge in [0.1, 0.15) is 5.69 Å². The second-order valence-corrected chi connectivity index (χ2v) is 7.14. The lowest BCUT2D eigenvalue weighted by atomic mass is 10.0. The lowest BCUT2D eigenvalue weighted by Crippen LogP contribution is -2.03. The molecule has 1 aromatic heterocycles. The van der Waals surface area contributed by atoms with Gasteiger partial charge in [0.05, 0.1) is 11.9 Å². The Morgan fingerprint density at radius 1 is 0.966 bits per heavy atom. The lowest BCUT2D eigenvalue weighted by molar-refractivity contribution is -0.110. The van der Waals surface area contributed by atoms with Crippen LogP contribution < -0.4 is 5.32 Å². The first-order chi connectivity index (χ1) is 14.2. The molecule has 0 bridgehead atoms. The smallest absolute Gasteiger partial charge is 0.256 e. The molecular weight excluding hydrogens is 384 g/mol. The average molecular weight is 399 g/mol. The highest BCUT2D eigenvalue weighted by Gasteiger charge is 2.23. The molecule has 5 nitrogen and oxygen atoms in total. The summed E-state index contributed by atoms with van der Waals surface area (Å²) in [6, 6.07) is 23.0. The van der Waals surface area contributed by atoms with Crippen molar-refractivity contribution in [2.45, 2.75) is 0 Å². The standard InChI is InChI=1S/C23H15ClN4O/c24-17-4-3-5-18(13-17)28-14-22(26-27-28)16-10-8-15(9-11-16)12-20-19-6-1-2-7-21(19)25-23(20)29/h1-14H,(H,25,29)/b20-12-. The van der Waals surface area contributed by atoms with Crippen molar-refractivity contribution >= 4 is 34.8 Å². The Balaban J connectivity index is 1.42. The predicted molar refractivity (Wildman–Crippen MR) is 115 cm³/mol. The Kier molecular flexibility index (Phi) is 4.22. The number of amides is 1. The monoisotopic (exact) mass is 398 g/mol. The predicted octanol–water partition coefficient (Wildman–Crippen LogP) is 5.08. The van der Waals surface area contributed by atoms with Gasteiger partial charge in [-0.3, -0.25) is 4.79 Å². The van der Waals surface area contributed by atoms with Crippen LogP contribution in [0.1, 0.15) is 11.1 Å². The molecule has 2 heterocycles. The van der Waals surface area contributed by atoms with Crippen LogP contribution in [-0.4, -0.2) is 20.9 Å². The highest BCUT2D eigenvalue weighted by atomic mass is 35.5. The number of hydrogen-bond acceptors (Lipinski definition) is 3. The van der Waals surface area contributed by atoms with Crippen LogP contribution >= 0.6 is 11.6 Å². The van der Waals surface area contributed by atoms with Gasteiger partial charge >= 0.3 is 0 Å². The first-order valence-corrected chi connectivity index (χ1v) is 9.46. The van der Waals surface area contributed by atoms with Gasteiger partial charge < -0.3 is 5.32 Å². The van der Waals surface area contributed by atoms with Crippen LogP contribution in [-0.2, 0) is 4.79 Å². The van der Waals surface area contributed by atoms with E-state index < -0.39 is 0 Å². The Morgan fingerprint density at radius 3 is 2.62 bits per heavy atom. The maximum atomic E-state index is 12.3. The third-order valence-electron chi connectivity index (χ3n) is 4.79. The SMILES string of the molecule is O=C1Nc2ccccc2/C1=C/c1ccc(-c2cn(-c3cccc(Cl)c3)nn2)cc1. The molecule has 0 saturated heterocycles. The van der Waals surface area contributed by atoms with Crippen molar-refractivity contribution in [1.29, 1.82) is 0 Å². The van der Waals surface area contributed by atoms with Gasteiger partial charge in [0.2, 0.25) is 0 Å². The molecule has 1 aliphatic heterocycles. The number of fused-ring (bicyclic) bond motifs is 1. The maximum Gasteiger partial charge on any atom is 0.256 e. The number of hydrogen-bond donors (Lipinski definition) is 1. The van der Waals surface area contributed by atoms with E-state index in [4.69, 9.17) is 11.6 Å². The van der Waals surface area contributed by atoms with Crippen molar-refractivity contribution < 1.29 is 4.79 Å². The fourth-order valence-corrected chi connectivity index (χ4v) is 3.52. The Bertz CT molecular complexity index is 1260. The Hall–Kier alpha value is -3.70. The van der Waals surface area contributed by atoms with Gasteiger partial charge in [-0.25, -0.2) is 4.68 Å². The third kappa shape index (κ3) is 3.32. The van der Waals surface area contributed by atoms with Crippen LogP contribution in [0.2, 0.25) is 5.02 Å². The normalized spacial score (nSPS) is 14.1. The molecular formula is C23H15ClN4O. The van der Waals surface area contributed by atoms with E-state index in [2.05, 4.69) is 15.6 Å². The molecule has 0 unspecified atom stereocenters. The summed E-state index contributed by atoms with van der Waals surface area (Å²) in [7, 11) is 0. The number of benzene rings is 3. The lowest BCUT2D eigenvalue weighted by Gasteiger charge is -2.01. The van der Waals surface area contributed by atoms with Crippen molar-refractivity contribution in [3.05, 3.63) is 95.1 Å². The van der Waals surface area contributed by atoms with E-state index in [9.17, 15) is 4.79 Å². The van der Waals surface area contributed by atoms with Crippen molar-refractivity contribution in [3.63, 3.8) is 0 Å². The molecule has 0 aliphatic carbocycles. The van der Waals surface area contributed by atoms with Crippen molar-refractivity contribution in [2.75, 3.05) is 5.32 Å². The van der Waals surface area contributed by atoms with Crippen LogP contribution in [0.15, 0.2) is 79.0 Å².